The fraction of sp³-hybridized carbons (Fsp3) is 0.364. The van der Waals surface area contributed by atoms with Gasteiger partial charge in [0, 0.05) is 4.47 Å². The van der Waals surface area contributed by atoms with Crippen LogP contribution in [0.3, 0.4) is 0 Å². The average Bonchev–Trinajstić information content (AvgIpc) is 2.19. The summed E-state index contributed by atoms with van der Waals surface area (Å²) in [5.74, 6) is 0. The van der Waals surface area contributed by atoms with Crippen LogP contribution in [0.25, 0.3) is 0 Å². The molecule has 0 aliphatic heterocycles. The van der Waals surface area contributed by atoms with Crippen molar-refractivity contribution in [2.75, 3.05) is 4.72 Å². The van der Waals surface area contributed by atoms with E-state index in [1.165, 1.54) is 0 Å². The zero-order chi connectivity index (χ0) is 13.3. The van der Waals surface area contributed by atoms with Gasteiger partial charge >= 0.3 is 0 Å². The van der Waals surface area contributed by atoms with Crippen LogP contribution in [0, 0.1) is 11.3 Å². The molecular weight excluding hydrogens is 304 g/mol. The van der Waals surface area contributed by atoms with Crippen LogP contribution >= 0.6 is 15.9 Å². The van der Waals surface area contributed by atoms with E-state index in [9.17, 15) is 8.42 Å². The van der Waals surface area contributed by atoms with E-state index in [-0.39, 0.29) is 0 Å². The topological polar surface area (TPSA) is 70.0 Å². The quantitative estimate of drug-likeness (QED) is 0.912. The average molecular weight is 317 g/mol. The molecule has 0 amide bonds. The van der Waals surface area contributed by atoms with E-state index in [0.717, 1.165) is 0 Å². The van der Waals surface area contributed by atoms with Gasteiger partial charge in [0.05, 0.1) is 22.1 Å². The number of hydrogen-bond acceptors (Lipinski definition) is 3. The van der Waals surface area contributed by atoms with Crippen molar-refractivity contribution in [2.45, 2.75) is 25.5 Å². The van der Waals surface area contributed by atoms with Gasteiger partial charge < -0.3 is 0 Å². The molecule has 0 aliphatic carbocycles. The minimum absolute atomic E-state index is 0.430. The van der Waals surface area contributed by atoms with Gasteiger partial charge in [-0.25, -0.2) is 8.42 Å². The zero-order valence-electron chi connectivity index (χ0n) is 9.78. The highest BCUT2D eigenvalue weighted by Gasteiger charge is 2.29. The Morgan fingerprint density at radius 1 is 1.35 bits per heavy atom. The lowest BCUT2D eigenvalue weighted by molar-refractivity contribution is 0.566. The summed E-state index contributed by atoms with van der Waals surface area (Å²) in [7, 11) is -3.46. The van der Waals surface area contributed by atoms with Crippen molar-refractivity contribution in [3.63, 3.8) is 0 Å². The van der Waals surface area contributed by atoms with Crippen LogP contribution in [0.5, 0.6) is 0 Å². The second kappa shape index (κ2) is 4.67. The van der Waals surface area contributed by atoms with Crippen LogP contribution in [-0.4, -0.2) is 13.2 Å². The van der Waals surface area contributed by atoms with Gasteiger partial charge in [-0.1, -0.05) is 0 Å². The minimum atomic E-state index is -3.46. The Kier molecular flexibility index (Phi) is 3.84. The second-order valence-electron chi connectivity index (χ2n) is 4.52. The molecule has 0 spiro atoms. The number of benzene rings is 1. The molecule has 0 saturated heterocycles. The molecule has 1 N–H and O–H groups in total. The number of nitrogens with zero attached hydrogens (tertiary/aromatic N) is 1. The van der Waals surface area contributed by atoms with Crippen molar-refractivity contribution in [3.05, 3.63) is 28.2 Å². The number of anilines is 1. The summed E-state index contributed by atoms with van der Waals surface area (Å²) in [6.45, 7) is 4.85. The van der Waals surface area contributed by atoms with Crippen molar-refractivity contribution in [2.24, 2.45) is 0 Å². The van der Waals surface area contributed by atoms with Crippen molar-refractivity contribution < 1.29 is 8.42 Å². The number of sulfonamides is 1. The second-order valence-corrected chi connectivity index (χ2v) is 7.81. The van der Waals surface area contributed by atoms with E-state index in [1.807, 2.05) is 6.07 Å². The van der Waals surface area contributed by atoms with Gasteiger partial charge in [0.1, 0.15) is 0 Å². The molecule has 0 radical (unpaired) electrons. The van der Waals surface area contributed by atoms with Crippen LogP contribution in [-0.2, 0) is 10.0 Å². The maximum atomic E-state index is 11.9. The Labute approximate surface area is 110 Å². The summed E-state index contributed by atoms with van der Waals surface area (Å²) in [5.41, 5.74) is 0.898. The van der Waals surface area contributed by atoms with E-state index in [2.05, 4.69) is 20.7 Å². The minimum Gasteiger partial charge on any atom is -0.282 e. The molecule has 0 atom stereocenters. The lowest BCUT2D eigenvalue weighted by Gasteiger charge is -2.21. The maximum absolute atomic E-state index is 11.9. The maximum Gasteiger partial charge on any atom is 0.237 e. The third-order valence-corrected chi connectivity index (χ3v) is 4.91. The van der Waals surface area contributed by atoms with Crippen LogP contribution in [0.1, 0.15) is 26.3 Å². The summed E-state index contributed by atoms with van der Waals surface area (Å²) < 4.78 is 26.0. The zero-order valence-corrected chi connectivity index (χ0v) is 12.2. The third-order valence-electron chi connectivity index (χ3n) is 2.15. The Balaban J connectivity index is 3.11. The lowest BCUT2D eigenvalue weighted by Crippen LogP contribution is -2.33. The summed E-state index contributed by atoms with van der Waals surface area (Å²) >= 11 is 3.23. The summed E-state index contributed by atoms with van der Waals surface area (Å²) in [6, 6.07) is 6.67. The number of nitriles is 1. The predicted octanol–water partition coefficient (Wildman–Crippen LogP) is 2.86. The van der Waals surface area contributed by atoms with Crippen molar-refractivity contribution in [3.8, 4) is 6.07 Å². The van der Waals surface area contributed by atoms with Gasteiger partial charge in [0.15, 0.2) is 0 Å². The first kappa shape index (κ1) is 14.0. The monoisotopic (exact) mass is 316 g/mol. The molecule has 0 bridgehead atoms. The molecule has 0 aliphatic rings. The number of hydrogen-bond donors (Lipinski definition) is 1. The molecule has 0 heterocycles. The Morgan fingerprint density at radius 3 is 2.35 bits per heavy atom. The first-order valence-corrected chi connectivity index (χ1v) is 7.17. The molecule has 6 heteroatoms. The molecule has 1 aromatic rings. The summed E-state index contributed by atoms with van der Waals surface area (Å²) in [4.78, 5) is 0. The molecule has 0 saturated carbocycles. The van der Waals surface area contributed by atoms with Crippen LogP contribution in [0.15, 0.2) is 22.7 Å². The number of halogens is 1. The smallest absolute Gasteiger partial charge is 0.237 e. The summed E-state index contributed by atoms with van der Waals surface area (Å²) in [5, 5.41) is 8.71. The number of nitrogens with one attached hydrogen (secondary N) is 1. The van der Waals surface area contributed by atoms with Gasteiger partial charge in [0.2, 0.25) is 10.0 Å². The summed E-state index contributed by atoms with van der Waals surface area (Å²) in [6.07, 6.45) is 0. The van der Waals surface area contributed by atoms with Crippen molar-refractivity contribution in [1.82, 2.24) is 0 Å². The Hall–Kier alpha value is -1.06. The fourth-order valence-corrected chi connectivity index (χ4v) is 2.35. The van der Waals surface area contributed by atoms with Crippen LogP contribution < -0.4 is 4.72 Å². The van der Waals surface area contributed by atoms with E-state index in [1.54, 1.807) is 39.0 Å². The van der Waals surface area contributed by atoms with Gasteiger partial charge in [-0.2, -0.15) is 5.26 Å². The third kappa shape index (κ3) is 3.20. The van der Waals surface area contributed by atoms with Gasteiger partial charge in [-0.3, -0.25) is 4.72 Å². The van der Waals surface area contributed by atoms with Gasteiger partial charge in [-0.05, 0) is 54.9 Å². The molecule has 0 aromatic heterocycles. The van der Waals surface area contributed by atoms with E-state index in [0.29, 0.717) is 15.7 Å². The van der Waals surface area contributed by atoms with Crippen molar-refractivity contribution >= 4 is 31.6 Å². The van der Waals surface area contributed by atoms with E-state index in [4.69, 9.17) is 5.26 Å². The standard InChI is InChI=1S/C11H13BrN2O2S/c1-11(2,3)17(15,16)14-10-5-4-8(7-13)6-9(10)12/h4-6,14H,1-3H3. The van der Waals surface area contributed by atoms with Crippen LogP contribution in [0.4, 0.5) is 5.69 Å². The highest BCUT2D eigenvalue weighted by Crippen LogP contribution is 2.27. The molecular formula is C11H13BrN2O2S. The predicted molar refractivity (Wildman–Crippen MR) is 71.2 cm³/mol. The van der Waals surface area contributed by atoms with Gasteiger partial charge in [0.25, 0.3) is 0 Å². The fourth-order valence-electron chi connectivity index (χ4n) is 0.965. The van der Waals surface area contributed by atoms with Gasteiger partial charge in [-0.15, -0.1) is 0 Å². The number of rotatable bonds is 2. The molecule has 1 rings (SSSR count). The Morgan fingerprint density at radius 2 is 1.94 bits per heavy atom. The highest BCUT2D eigenvalue weighted by atomic mass is 79.9. The first-order valence-electron chi connectivity index (χ1n) is 4.89. The van der Waals surface area contributed by atoms with Crippen LogP contribution in [0.2, 0.25) is 0 Å². The molecule has 17 heavy (non-hydrogen) atoms. The first-order chi connectivity index (χ1) is 7.67. The largest absolute Gasteiger partial charge is 0.282 e. The SMILES string of the molecule is CC(C)(C)S(=O)(=O)Nc1ccc(C#N)cc1Br. The molecule has 4 nitrogen and oxygen atoms in total. The molecule has 0 unspecified atom stereocenters. The molecule has 0 fully saturated rings. The van der Waals surface area contributed by atoms with E-state index < -0.39 is 14.8 Å². The lowest BCUT2D eigenvalue weighted by atomic mass is 10.2. The molecule has 92 valence electrons. The van der Waals surface area contributed by atoms with E-state index >= 15 is 0 Å². The highest BCUT2D eigenvalue weighted by molar-refractivity contribution is 9.10. The normalized spacial score (nSPS) is 11.9. The Bertz CT molecular complexity index is 568. The van der Waals surface area contributed by atoms with Crippen molar-refractivity contribution in [1.29, 1.82) is 5.26 Å². The molecule has 1 aromatic carbocycles.